The summed E-state index contributed by atoms with van der Waals surface area (Å²) >= 11 is 0. The minimum Gasteiger partial charge on any atom is -0.289 e. The first kappa shape index (κ1) is 54.9. The maximum atomic E-state index is 14.7. The smallest absolute Gasteiger partial charge is 0.264 e. The van der Waals surface area contributed by atoms with Gasteiger partial charge in [-0.1, -0.05) is 140 Å². The molecule has 6 aromatic carbocycles. The lowest BCUT2D eigenvalue weighted by molar-refractivity contribution is 0.103. The number of rotatable bonds is 24. The van der Waals surface area contributed by atoms with Gasteiger partial charge in [0.1, 0.15) is 0 Å². The fourth-order valence-electron chi connectivity index (χ4n) is 11.5. The molecule has 0 radical (unpaired) electrons. The Kier molecular flexibility index (Phi) is 16.1. The first-order valence-electron chi connectivity index (χ1n) is 24.9. The van der Waals surface area contributed by atoms with Crippen LogP contribution in [0.15, 0.2) is 121 Å². The first-order chi connectivity index (χ1) is 34.8. The van der Waals surface area contributed by atoms with E-state index in [-0.39, 0.29) is 43.0 Å². The number of hydrogen-bond donors (Lipinski definition) is 4. The topological polar surface area (TPSA) is 235 Å². The molecule has 2 aliphatic rings. The molecule has 0 saturated heterocycles. The highest BCUT2D eigenvalue weighted by Crippen LogP contribution is 2.57. The Morgan fingerprint density at radius 1 is 0.351 bits per heavy atom. The standard InChI is InChI=1S/C57H62O13S4/c1-39-11-14-41(15-12-39)44-20-25-49-50-26-22-46(38-54(50)57(53(49)36-44,29-5-9-33-73(65,66)67)30-6-10-34-74(68,69)70)55(58)43-18-16-42(17-19-43)45-21-24-48-47-23-13-40(2)35-51(47)56(52(48)37-45,27-3-7-31-71(59,60)61)28-4-8-32-72(62,63)64/h11-26,35-38H,3-10,27-34H2,1-2H3,(H,59,60,61)(H,62,63,64)(H,65,66,67)(H,68,69,70). The molecule has 0 unspecified atom stereocenters. The minimum absolute atomic E-state index is 0.171. The van der Waals surface area contributed by atoms with Crippen LogP contribution in [0.2, 0.25) is 0 Å². The number of fused-ring (bicyclic) bond motifs is 6. The van der Waals surface area contributed by atoms with Gasteiger partial charge in [0.25, 0.3) is 40.5 Å². The summed E-state index contributed by atoms with van der Waals surface area (Å²) < 4.78 is 133. The molecular formula is C57H62O13S4. The van der Waals surface area contributed by atoms with Gasteiger partial charge < -0.3 is 0 Å². The molecule has 0 aliphatic heterocycles. The highest BCUT2D eigenvalue weighted by molar-refractivity contribution is 7.86. The van der Waals surface area contributed by atoms with Crippen molar-refractivity contribution in [2.75, 3.05) is 23.0 Å². The zero-order valence-electron chi connectivity index (χ0n) is 41.5. The van der Waals surface area contributed by atoms with Crippen molar-refractivity contribution in [2.45, 2.75) is 102 Å². The van der Waals surface area contributed by atoms with Crippen molar-refractivity contribution >= 4 is 46.3 Å². The molecule has 392 valence electrons. The molecule has 74 heavy (non-hydrogen) atoms. The maximum Gasteiger partial charge on any atom is 0.264 e. The van der Waals surface area contributed by atoms with E-state index in [1.807, 2.05) is 80.6 Å². The third-order valence-electron chi connectivity index (χ3n) is 15.0. The van der Waals surface area contributed by atoms with Crippen molar-refractivity contribution in [3.63, 3.8) is 0 Å². The van der Waals surface area contributed by atoms with Crippen molar-refractivity contribution in [3.8, 4) is 44.5 Å². The fourth-order valence-corrected chi connectivity index (χ4v) is 13.8. The predicted molar refractivity (Wildman–Crippen MR) is 290 cm³/mol. The summed E-state index contributed by atoms with van der Waals surface area (Å²) in [7, 11) is -16.9. The van der Waals surface area contributed by atoms with E-state index in [1.54, 1.807) is 18.2 Å². The van der Waals surface area contributed by atoms with Crippen molar-refractivity contribution in [1.29, 1.82) is 0 Å². The van der Waals surface area contributed by atoms with Crippen LogP contribution in [-0.2, 0) is 51.3 Å². The predicted octanol–water partition coefficient (Wildman–Crippen LogP) is 11.6. The molecule has 17 heteroatoms. The number of ketones is 1. The van der Waals surface area contributed by atoms with E-state index in [0.29, 0.717) is 62.5 Å². The molecular weight excluding hydrogens is 1020 g/mol. The third-order valence-corrected chi connectivity index (χ3v) is 18.2. The van der Waals surface area contributed by atoms with Gasteiger partial charge in [-0.05, 0) is 150 Å². The molecule has 0 fully saturated rings. The van der Waals surface area contributed by atoms with Gasteiger partial charge in [-0.15, -0.1) is 0 Å². The molecule has 0 amide bonds. The number of carbonyl (C=O) groups excluding carboxylic acids is 1. The Morgan fingerprint density at radius 2 is 0.649 bits per heavy atom. The van der Waals surface area contributed by atoms with E-state index in [0.717, 1.165) is 77.9 Å². The number of hydrogen-bond acceptors (Lipinski definition) is 9. The third kappa shape index (κ3) is 12.6. The molecule has 0 bridgehead atoms. The van der Waals surface area contributed by atoms with Crippen LogP contribution < -0.4 is 0 Å². The Bertz CT molecular complexity index is 3470. The van der Waals surface area contributed by atoms with Gasteiger partial charge in [-0.2, -0.15) is 33.7 Å². The van der Waals surface area contributed by atoms with Crippen molar-refractivity contribution in [3.05, 3.63) is 166 Å². The molecule has 2 aliphatic carbocycles. The van der Waals surface area contributed by atoms with E-state index >= 15 is 0 Å². The Labute approximate surface area is 435 Å². The van der Waals surface area contributed by atoms with Gasteiger partial charge in [0.15, 0.2) is 5.78 Å². The summed E-state index contributed by atoms with van der Waals surface area (Å²) in [5, 5.41) is 0. The van der Waals surface area contributed by atoms with Crippen LogP contribution in [0.3, 0.4) is 0 Å². The van der Waals surface area contributed by atoms with Crippen LogP contribution in [0, 0.1) is 13.8 Å². The van der Waals surface area contributed by atoms with Gasteiger partial charge in [0.05, 0.1) is 23.0 Å². The highest BCUT2D eigenvalue weighted by Gasteiger charge is 2.44. The van der Waals surface area contributed by atoms with E-state index < -0.39 is 62.8 Å². The molecule has 0 spiro atoms. The van der Waals surface area contributed by atoms with Crippen LogP contribution >= 0.6 is 0 Å². The first-order valence-corrected chi connectivity index (χ1v) is 31.4. The Morgan fingerprint density at radius 3 is 1.04 bits per heavy atom. The lowest BCUT2D eigenvalue weighted by Gasteiger charge is -2.33. The highest BCUT2D eigenvalue weighted by atomic mass is 32.2. The number of carbonyl (C=O) groups is 1. The van der Waals surface area contributed by atoms with Gasteiger partial charge in [0, 0.05) is 22.0 Å². The second-order valence-corrected chi connectivity index (χ2v) is 26.5. The summed E-state index contributed by atoms with van der Waals surface area (Å²) in [6.45, 7) is 4.00. The normalized spacial score (nSPS) is 14.6. The Balaban J connectivity index is 1.14. The summed E-state index contributed by atoms with van der Waals surface area (Å²) in [6, 6.07) is 39.7. The molecule has 0 saturated carbocycles. The molecule has 8 rings (SSSR count). The number of benzene rings is 6. The van der Waals surface area contributed by atoms with Crippen LogP contribution in [0.1, 0.15) is 126 Å². The number of unbranched alkanes of at least 4 members (excludes halogenated alkanes) is 4. The second-order valence-electron chi connectivity index (χ2n) is 20.2. The summed E-state index contributed by atoms with van der Waals surface area (Å²) in [4.78, 5) is 14.7. The minimum atomic E-state index is -4.24. The van der Waals surface area contributed by atoms with Crippen LogP contribution in [-0.4, -0.2) is 80.7 Å². The van der Waals surface area contributed by atoms with Crippen LogP contribution in [0.25, 0.3) is 44.5 Å². The van der Waals surface area contributed by atoms with Crippen LogP contribution in [0.5, 0.6) is 0 Å². The van der Waals surface area contributed by atoms with Gasteiger partial charge in [-0.25, -0.2) is 0 Å². The molecule has 4 N–H and O–H groups in total. The molecule has 0 aromatic heterocycles. The molecule has 13 nitrogen and oxygen atoms in total. The zero-order chi connectivity index (χ0) is 53.3. The van der Waals surface area contributed by atoms with Crippen molar-refractivity contribution in [1.82, 2.24) is 0 Å². The van der Waals surface area contributed by atoms with Gasteiger partial charge in [0.2, 0.25) is 0 Å². The lowest BCUT2D eigenvalue weighted by Crippen LogP contribution is -2.26. The largest absolute Gasteiger partial charge is 0.289 e. The van der Waals surface area contributed by atoms with E-state index in [2.05, 4.69) is 36.4 Å². The van der Waals surface area contributed by atoms with Crippen LogP contribution in [0.4, 0.5) is 0 Å². The second kappa shape index (κ2) is 21.7. The van der Waals surface area contributed by atoms with E-state index in [1.165, 1.54) is 0 Å². The molecule has 0 heterocycles. The van der Waals surface area contributed by atoms with E-state index in [4.69, 9.17) is 0 Å². The number of aryl methyl sites for hydroxylation is 2. The average Bonchev–Trinajstić information content (AvgIpc) is 3.75. The van der Waals surface area contributed by atoms with Gasteiger partial charge >= 0.3 is 0 Å². The van der Waals surface area contributed by atoms with Crippen molar-refractivity contribution in [2.24, 2.45) is 0 Å². The summed E-state index contributed by atoms with van der Waals surface area (Å²) in [6.07, 6.45) is 4.38. The monoisotopic (exact) mass is 1080 g/mol. The zero-order valence-corrected chi connectivity index (χ0v) is 44.7. The van der Waals surface area contributed by atoms with Gasteiger partial charge in [-0.3, -0.25) is 23.0 Å². The fraction of sp³-hybridized carbons (Fsp3) is 0.351. The maximum absolute atomic E-state index is 14.7. The average molecular weight is 1080 g/mol. The SMILES string of the molecule is Cc1ccc(-c2ccc3c(c2)C(CCCCS(=O)(=O)O)(CCCCS(=O)(=O)O)c2cc(C(=O)c4ccc(-c5ccc6c(c5)C(CCCCS(=O)(=O)O)(CCCCS(=O)(=O)O)c5cc(C)ccc5-6)cc4)ccc2-3)cc1. The van der Waals surface area contributed by atoms with Crippen molar-refractivity contribution < 1.29 is 56.7 Å². The summed E-state index contributed by atoms with van der Waals surface area (Å²) in [5.74, 6) is -1.88. The molecule has 6 aromatic rings. The summed E-state index contributed by atoms with van der Waals surface area (Å²) in [5.41, 5.74) is 12.9. The molecule has 0 atom stereocenters. The lowest BCUT2D eigenvalue weighted by atomic mass is 9.70. The Hall–Kier alpha value is -5.37. The quantitative estimate of drug-likeness (QED) is 0.0251. The van der Waals surface area contributed by atoms with E-state index in [9.17, 15) is 56.7 Å².